The zero-order valence-corrected chi connectivity index (χ0v) is 10.4. The van der Waals surface area contributed by atoms with Crippen LogP contribution in [0.2, 0.25) is 0 Å². The van der Waals surface area contributed by atoms with E-state index in [2.05, 4.69) is 10.6 Å². The second-order valence-corrected chi connectivity index (χ2v) is 4.72. The number of benzene rings is 1. The molecule has 0 saturated carbocycles. The molecule has 1 fully saturated rings. The lowest BCUT2D eigenvalue weighted by atomic mass is 9.95. The van der Waals surface area contributed by atoms with Crippen molar-refractivity contribution >= 4 is 5.91 Å². The van der Waals surface area contributed by atoms with E-state index in [4.69, 9.17) is 5.11 Å². The van der Waals surface area contributed by atoms with Crippen LogP contribution in [-0.4, -0.2) is 37.3 Å². The first-order chi connectivity index (χ1) is 8.81. The van der Waals surface area contributed by atoms with Crippen molar-refractivity contribution in [2.24, 2.45) is 5.92 Å². The summed E-state index contributed by atoms with van der Waals surface area (Å²) in [6.07, 6.45) is 0.674. The number of aliphatic hydroxyl groups is 1. The van der Waals surface area contributed by atoms with Crippen molar-refractivity contribution in [2.75, 3.05) is 26.2 Å². The first kappa shape index (κ1) is 13.1. The highest BCUT2D eigenvalue weighted by atomic mass is 16.3. The van der Waals surface area contributed by atoms with E-state index in [0.29, 0.717) is 13.0 Å². The molecule has 1 aliphatic heterocycles. The molecule has 1 atom stereocenters. The van der Waals surface area contributed by atoms with Gasteiger partial charge in [-0.05, 0) is 12.0 Å². The van der Waals surface area contributed by atoms with Crippen molar-refractivity contribution in [3.8, 4) is 0 Å². The van der Waals surface area contributed by atoms with Crippen LogP contribution in [0, 0.1) is 5.92 Å². The number of hydrogen-bond donors (Lipinski definition) is 3. The fourth-order valence-electron chi connectivity index (χ4n) is 2.11. The van der Waals surface area contributed by atoms with Gasteiger partial charge in [-0.1, -0.05) is 30.3 Å². The van der Waals surface area contributed by atoms with Crippen LogP contribution in [0.1, 0.15) is 17.9 Å². The zero-order chi connectivity index (χ0) is 12.8. The summed E-state index contributed by atoms with van der Waals surface area (Å²) in [5, 5.41) is 15.2. The van der Waals surface area contributed by atoms with Crippen LogP contribution in [0.3, 0.4) is 0 Å². The molecule has 1 aromatic carbocycles. The molecular formula is C14H20N2O2. The summed E-state index contributed by atoms with van der Waals surface area (Å²) in [5.74, 6) is 0.427. The number of hydrogen-bond acceptors (Lipinski definition) is 3. The minimum Gasteiger partial charge on any atom is -0.396 e. The van der Waals surface area contributed by atoms with Gasteiger partial charge in [0.15, 0.2) is 0 Å². The fraction of sp³-hybridized carbons (Fsp3) is 0.500. The maximum Gasteiger partial charge on any atom is 0.225 e. The van der Waals surface area contributed by atoms with E-state index in [0.717, 1.165) is 13.1 Å². The van der Waals surface area contributed by atoms with Gasteiger partial charge in [-0.2, -0.15) is 0 Å². The summed E-state index contributed by atoms with van der Waals surface area (Å²) in [4.78, 5) is 11.8. The molecule has 2 rings (SSSR count). The minimum absolute atomic E-state index is 0.118. The molecule has 1 aromatic rings. The van der Waals surface area contributed by atoms with Crippen LogP contribution >= 0.6 is 0 Å². The summed E-state index contributed by atoms with van der Waals surface area (Å²) in [5.41, 5.74) is 1.17. The molecule has 0 aliphatic carbocycles. The van der Waals surface area contributed by atoms with Gasteiger partial charge in [-0.15, -0.1) is 0 Å². The molecular weight excluding hydrogens is 228 g/mol. The molecule has 0 radical (unpaired) electrons. The number of rotatable bonds is 6. The molecule has 0 aromatic heterocycles. The molecule has 18 heavy (non-hydrogen) atoms. The molecule has 4 nitrogen and oxygen atoms in total. The Hall–Kier alpha value is -1.39. The van der Waals surface area contributed by atoms with Gasteiger partial charge in [-0.3, -0.25) is 4.79 Å². The van der Waals surface area contributed by atoms with Crippen molar-refractivity contribution in [1.82, 2.24) is 10.6 Å². The van der Waals surface area contributed by atoms with Gasteiger partial charge in [0, 0.05) is 32.2 Å². The average Bonchev–Trinajstić information content (AvgIpc) is 2.33. The van der Waals surface area contributed by atoms with Crippen LogP contribution in [0.4, 0.5) is 0 Å². The Kier molecular flexibility index (Phi) is 4.73. The number of carbonyl (C=O) groups is 1. The number of carbonyl (C=O) groups excluding carboxylic acids is 1. The Morgan fingerprint density at radius 1 is 1.39 bits per heavy atom. The predicted molar refractivity (Wildman–Crippen MR) is 70.3 cm³/mol. The molecule has 4 heteroatoms. The van der Waals surface area contributed by atoms with Gasteiger partial charge < -0.3 is 15.7 Å². The number of nitrogens with one attached hydrogen (secondary N) is 2. The SMILES string of the molecule is O=C(NCC(CCO)c1ccccc1)C1CNC1. The summed E-state index contributed by atoms with van der Waals surface area (Å²) in [6.45, 7) is 2.30. The van der Waals surface area contributed by atoms with Gasteiger partial charge >= 0.3 is 0 Å². The Bertz CT molecular complexity index is 377. The second kappa shape index (κ2) is 6.52. The Balaban J connectivity index is 1.88. The molecule has 3 N–H and O–H groups in total. The highest BCUT2D eigenvalue weighted by Crippen LogP contribution is 2.18. The van der Waals surface area contributed by atoms with Crippen LogP contribution in [0.15, 0.2) is 30.3 Å². The minimum atomic E-state index is 0.118. The number of amides is 1. The van der Waals surface area contributed by atoms with Gasteiger partial charge in [0.25, 0.3) is 0 Å². The summed E-state index contributed by atoms with van der Waals surface area (Å²) < 4.78 is 0. The van der Waals surface area contributed by atoms with Crippen molar-refractivity contribution in [3.63, 3.8) is 0 Å². The van der Waals surface area contributed by atoms with Crippen LogP contribution in [-0.2, 0) is 4.79 Å². The van der Waals surface area contributed by atoms with Crippen LogP contribution < -0.4 is 10.6 Å². The third-order valence-corrected chi connectivity index (χ3v) is 3.42. The largest absolute Gasteiger partial charge is 0.396 e. The van der Waals surface area contributed by atoms with Gasteiger partial charge in [-0.25, -0.2) is 0 Å². The summed E-state index contributed by atoms with van der Waals surface area (Å²) in [6, 6.07) is 10.0. The Labute approximate surface area is 107 Å². The third kappa shape index (κ3) is 3.31. The van der Waals surface area contributed by atoms with E-state index < -0.39 is 0 Å². The fourth-order valence-corrected chi connectivity index (χ4v) is 2.11. The van der Waals surface area contributed by atoms with E-state index >= 15 is 0 Å². The first-order valence-electron chi connectivity index (χ1n) is 6.45. The summed E-state index contributed by atoms with van der Waals surface area (Å²) in [7, 11) is 0. The maximum atomic E-state index is 11.8. The molecule has 1 aliphatic rings. The molecule has 1 saturated heterocycles. The molecule has 1 unspecified atom stereocenters. The predicted octanol–water partition coefficient (Wildman–Crippen LogP) is 0.488. The van der Waals surface area contributed by atoms with Crippen molar-refractivity contribution < 1.29 is 9.90 Å². The molecule has 1 heterocycles. The van der Waals surface area contributed by atoms with Crippen molar-refractivity contribution in [2.45, 2.75) is 12.3 Å². The number of aliphatic hydroxyl groups excluding tert-OH is 1. The van der Waals surface area contributed by atoms with E-state index in [1.165, 1.54) is 5.56 Å². The van der Waals surface area contributed by atoms with Gasteiger partial charge in [0.05, 0.1) is 5.92 Å². The Morgan fingerprint density at radius 3 is 2.67 bits per heavy atom. The standard InChI is InChI=1S/C14H20N2O2/c17-7-6-12(11-4-2-1-3-5-11)10-16-14(18)13-8-15-9-13/h1-5,12-13,15,17H,6-10H2,(H,16,18). The lowest BCUT2D eigenvalue weighted by molar-refractivity contribution is -0.126. The van der Waals surface area contributed by atoms with E-state index in [1.807, 2.05) is 30.3 Å². The molecule has 1 amide bonds. The van der Waals surface area contributed by atoms with E-state index in [-0.39, 0.29) is 24.3 Å². The summed E-state index contributed by atoms with van der Waals surface area (Å²) >= 11 is 0. The van der Waals surface area contributed by atoms with Crippen molar-refractivity contribution in [3.05, 3.63) is 35.9 Å². The Morgan fingerprint density at radius 2 is 2.11 bits per heavy atom. The zero-order valence-electron chi connectivity index (χ0n) is 10.4. The lowest BCUT2D eigenvalue weighted by Gasteiger charge is -2.27. The third-order valence-electron chi connectivity index (χ3n) is 3.42. The first-order valence-corrected chi connectivity index (χ1v) is 6.45. The second-order valence-electron chi connectivity index (χ2n) is 4.72. The van der Waals surface area contributed by atoms with E-state index in [1.54, 1.807) is 0 Å². The van der Waals surface area contributed by atoms with Crippen molar-refractivity contribution in [1.29, 1.82) is 0 Å². The van der Waals surface area contributed by atoms with Gasteiger partial charge in [0.1, 0.15) is 0 Å². The lowest BCUT2D eigenvalue weighted by Crippen LogP contribution is -2.51. The van der Waals surface area contributed by atoms with E-state index in [9.17, 15) is 4.79 Å². The quantitative estimate of drug-likeness (QED) is 0.686. The average molecular weight is 248 g/mol. The smallest absolute Gasteiger partial charge is 0.225 e. The molecule has 98 valence electrons. The molecule has 0 bridgehead atoms. The highest BCUT2D eigenvalue weighted by molar-refractivity contribution is 5.80. The normalized spacial score (nSPS) is 16.9. The van der Waals surface area contributed by atoms with Crippen LogP contribution in [0.25, 0.3) is 0 Å². The molecule has 0 spiro atoms. The van der Waals surface area contributed by atoms with Crippen LogP contribution in [0.5, 0.6) is 0 Å². The highest BCUT2D eigenvalue weighted by Gasteiger charge is 2.25. The van der Waals surface area contributed by atoms with Gasteiger partial charge in [0.2, 0.25) is 5.91 Å². The monoisotopic (exact) mass is 248 g/mol. The maximum absolute atomic E-state index is 11.8. The topological polar surface area (TPSA) is 61.4 Å².